The number of carbonyl (C=O) groups is 1. The van der Waals surface area contributed by atoms with Crippen molar-refractivity contribution in [3.05, 3.63) is 71.8 Å². The Hall–Kier alpha value is -1.94. The second-order valence-corrected chi connectivity index (χ2v) is 8.33. The van der Waals surface area contributed by atoms with E-state index in [-0.39, 0.29) is 17.6 Å². The van der Waals surface area contributed by atoms with Gasteiger partial charge >= 0.3 is 6.09 Å². The summed E-state index contributed by atoms with van der Waals surface area (Å²) in [6, 6.07) is 20.1. The van der Waals surface area contributed by atoms with Gasteiger partial charge in [0.25, 0.3) is 0 Å². The predicted molar refractivity (Wildman–Crippen MR) is 104 cm³/mol. The average molecular weight is 356 g/mol. The first-order valence-corrected chi connectivity index (χ1v) is 9.90. The molecule has 2 aromatic rings. The molecule has 3 rings (SSSR count). The first kappa shape index (κ1) is 17.9. The van der Waals surface area contributed by atoms with Crippen LogP contribution in [-0.4, -0.2) is 29.2 Å². The van der Waals surface area contributed by atoms with Gasteiger partial charge in [-0.05, 0) is 11.7 Å². The number of cyclic esters (lactones) is 1. The van der Waals surface area contributed by atoms with Gasteiger partial charge in [-0.1, -0.05) is 81.4 Å². The largest absolute Gasteiger partial charge is 0.431 e. The minimum Gasteiger partial charge on any atom is -0.431 e. The lowest BCUT2D eigenvalue weighted by atomic mass is 9.70. The summed E-state index contributed by atoms with van der Waals surface area (Å²) in [4.78, 5) is 14.8. The Morgan fingerprint density at radius 3 is 1.88 bits per heavy atom. The van der Waals surface area contributed by atoms with Gasteiger partial charge < -0.3 is 4.74 Å². The summed E-state index contributed by atoms with van der Waals surface area (Å²) in [6.45, 7) is 6.52. The average Bonchev–Trinajstić information content (AvgIpc) is 2.91. The van der Waals surface area contributed by atoms with E-state index in [1.165, 1.54) is 0 Å². The number of rotatable bonds is 4. The van der Waals surface area contributed by atoms with Crippen molar-refractivity contribution in [3.63, 3.8) is 0 Å². The van der Waals surface area contributed by atoms with E-state index in [4.69, 9.17) is 4.74 Å². The van der Waals surface area contributed by atoms with Crippen molar-refractivity contribution in [3.8, 4) is 0 Å². The van der Waals surface area contributed by atoms with Gasteiger partial charge in [-0.15, -0.1) is 11.8 Å². The lowest BCUT2D eigenvalue weighted by Gasteiger charge is -2.43. The molecule has 1 saturated heterocycles. The second-order valence-electron chi connectivity index (χ2n) is 7.49. The van der Waals surface area contributed by atoms with Crippen LogP contribution < -0.4 is 0 Å². The Labute approximate surface area is 154 Å². The van der Waals surface area contributed by atoms with Crippen LogP contribution in [-0.2, 0) is 10.3 Å². The molecule has 1 aliphatic heterocycles. The zero-order chi connectivity index (χ0) is 18.1. The molecular weight excluding hydrogens is 330 g/mol. The van der Waals surface area contributed by atoms with E-state index >= 15 is 0 Å². The molecule has 1 aliphatic rings. The molecule has 132 valence electrons. The standard InChI is InChI=1S/C21H25NO2S/c1-20(2,3)18-21(16-11-7-5-8-12-16,17-13-9-6-10-14-17)24-19(23)22(18)15-25-4/h5-14,18H,15H2,1-4H3/t18-/m0/s1. The van der Waals surface area contributed by atoms with Crippen LogP contribution in [0.1, 0.15) is 31.9 Å². The number of thioether (sulfide) groups is 1. The van der Waals surface area contributed by atoms with E-state index in [1.54, 1.807) is 11.8 Å². The molecule has 1 atom stereocenters. The number of nitrogens with zero attached hydrogens (tertiary/aromatic N) is 1. The van der Waals surface area contributed by atoms with Gasteiger partial charge in [0, 0.05) is 11.1 Å². The molecule has 0 bridgehead atoms. The van der Waals surface area contributed by atoms with E-state index in [2.05, 4.69) is 45.0 Å². The van der Waals surface area contributed by atoms with Crippen molar-refractivity contribution in [2.24, 2.45) is 5.41 Å². The molecule has 1 fully saturated rings. The normalized spacial score (nSPS) is 19.8. The molecule has 1 heterocycles. The van der Waals surface area contributed by atoms with Crippen molar-refractivity contribution in [1.82, 2.24) is 4.90 Å². The number of amides is 1. The Balaban J connectivity index is 2.28. The third-order valence-corrected chi connectivity index (χ3v) is 5.21. The Kier molecular flexibility index (Phi) is 4.83. The summed E-state index contributed by atoms with van der Waals surface area (Å²) in [7, 11) is 0. The number of hydrogen-bond acceptors (Lipinski definition) is 3. The van der Waals surface area contributed by atoms with Gasteiger partial charge in [-0.2, -0.15) is 0 Å². The van der Waals surface area contributed by atoms with Crippen LogP contribution in [0.2, 0.25) is 0 Å². The highest BCUT2D eigenvalue weighted by molar-refractivity contribution is 7.98. The van der Waals surface area contributed by atoms with Crippen LogP contribution in [0.3, 0.4) is 0 Å². The highest BCUT2D eigenvalue weighted by Gasteiger charge is 2.60. The predicted octanol–water partition coefficient (Wildman–Crippen LogP) is 5.12. The van der Waals surface area contributed by atoms with Crippen LogP contribution in [0.15, 0.2) is 60.7 Å². The smallest absolute Gasteiger partial charge is 0.412 e. The first-order valence-electron chi connectivity index (χ1n) is 8.51. The molecule has 4 heteroatoms. The maximum Gasteiger partial charge on any atom is 0.412 e. The van der Waals surface area contributed by atoms with Crippen LogP contribution in [0.25, 0.3) is 0 Å². The van der Waals surface area contributed by atoms with Gasteiger partial charge in [0.1, 0.15) is 0 Å². The molecule has 3 nitrogen and oxygen atoms in total. The minimum atomic E-state index is -0.812. The summed E-state index contributed by atoms with van der Waals surface area (Å²) < 4.78 is 6.20. The Bertz CT molecular complexity index is 685. The zero-order valence-electron chi connectivity index (χ0n) is 15.2. The summed E-state index contributed by atoms with van der Waals surface area (Å²) in [5.41, 5.74) is 1.05. The second kappa shape index (κ2) is 6.75. The molecule has 0 aliphatic carbocycles. The topological polar surface area (TPSA) is 29.5 Å². The van der Waals surface area contributed by atoms with Crippen molar-refractivity contribution in [2.75, 3.05) is 12.1 Å². The van der Waals surface area contributed by atoms with Crippen LogP contribution >= 0.6 is 11.8 Å². The first-order chi connectivity index (χ1) is 11.9. The Morgan fingerprint density at radius 1 is 1.00 bits per heavy atom. The number of benzene rings is 2. The molecule has 1 amide bonds. The molecular formula is C21H25NO2S. The molecule has 0 aromatic heterocycles. The van der Waals surface area contributed by atoms with Crippen molar-refractivity contribution in [2.45, 2.75) is 32.4 Å². The minimum absolute atomic E-state index is 0.107. The summed E-state index contributed by atoms with van der Waals surface area (Å²) >= 11 is 1.64. The summed E-state index contributed by atoms with van der Waals surface area (Å²) in [5.74, 6) is 0.613. The van der Waals surface area contributed by atoms with E-state index in [1.807, 2.05) is 47.6 Å². The fourth-order valence-electron chi connectivity index (χ4n) is 3.89. The van der Waals surface area contributed by atoms with Crippen molar-refractivity contribution in [1.29, 1.82) is 0 Å². The number of hydrogen-bond donors (Lipinski definition) is 0. The fourth-order valence-corrected chi connectivity index (χ4v) is 4.43. The molecule has 0 spiro atoms. The van der Waals surface area contributed by atoms with Gasteiger partial charge in [-0.3, -0.25) is 4.90 Å². The molecule has 0 N–H and O–H groups in total. The fraction of sp³-hybridized carbons (Fsp3) is 0.381. The van der Waals surface area contributed by atoms with Gasteiger partial charge in [-0.25, -0.2) is 4.79 Å². The molecule has 25 heavy (non-hydrogen) atoms. The molecule has 2 aromatic carbocycles. The maximum absolute atomic E-state index is 12.9. The third-order valence-electron chi connectivity index (χ3n) is 4.67. The monoisotopic (exact) mass is 355 g/mol. The van der Waals surface area contributed by atoms with Crippen LogP contribution in [0.5, 0.6) is 0 Å². The van der Waals surface area contributed by atoms with E-state index in [9.17, 15) is 4.79 Å². The van der Waals surface area contributed by atoms with Crippen molar-refractivity contribution < 1.29 is 9.53 Å². The van der Waals surface area contributed by atoms with Crippen LogP contribution in [0, 0.1) is 5.41 Å². The van der Waals surface area contributed by atoms with E-state index in [0.29, 0.717) is 5.88 Å². The summed E-state index contributed by atoms with van der Waals surface area (Å²) in [5, 5.41) is 0. The van der Waals surface area contributed by atoms with Gasteiger partial charge in [0.05, 0.1) is 11.9 Å². The number of ether oxygens (including phenoxy) is 1. The molecule has 0 radical (unpaired) electrons. The Morgan fingerprint density at radius 2 is 1.48 bits per heavy atom. The zero-order valence-corrected chi connectivity index (χ0v) is 16.0. The quantitative estimate of drug-likeness (QED) is 0.762. The maximum atomic E-state index is 12.9. The molecule has 0 unspecified atom stereocenters. The highest BCUT2D eigenvalue weighted by Crippen LogP contribution is 2.50. The lowest BCUT2D eigenvalue weighted by molar-refractivity contribution is 0.0318. The van der Waals surface area contributed by atoms with Gasteiger partial charge in [0.15, 0.2) is 5.60 Å². The lowest BCUT2D eigenvalue weighted by Crippen LogP contribution is -2.51. The molecule has 0 saturated carbocycles. The van der Waals surface area contributed by atoms with Crippen LogP contribution in [0.4, 0.5) is 4.79 Å². The van der Waals surface area contributed by atoms with Gasteiger partial charge in [0.2, 0.25) is 0 Å². The van der Waals surface area contributed by atoms with Crippen molar-refractivity contribution >= 4 is 17.9 Å². The third kappa shape index (κ3) is 3.04. The SMILES string of the molecule is CSCN1C(=O)OC(c2ccccc2)(c2ccccc2)[C@@H]1C(C)(C)C. The van der Waals surface area contributed by atoms with E-state index < -0.39 is 5.60 Å². The summed E-state index contributed by atoms with van der Waals surface area (Å²) in [6.07, 6.45) is 1.76. The van der Waals surface area contributed by atoms with E-state index in [0.717, 1.165) is 11.1 Å². The highest BCUT2D eigenvalue weighted by atomic mass is 32.2. The number of carbonyl (C=O) groups excluding carboxylic acids is 1.